The van der Waals surface area contributed by atoms with Gasteiger partial charge in [0, 0.05) is 31.7 Å². The van der Waals surface area contributed by atoms with Gasteiger partial charge in [-0.05, 0) is 32.4 Å². The number of hydrogen-bond acceptors (Lipinski definition) is 4. The first-order valence-corrected chi connectivity index (χ1v) is 7.75. The highest BCUT2D eigenvalue weighted by atomic mass is 16.5. The van der Waals surface area contributed by atoms with Crippen LogP contribution < -0.4 is 4.74 Å². The fourth-order valence-electron chi connectivity index (χ4n) is 3.51. The molecule has 0 N–H and O–H groups in total. The Bertz CT molecular complexity index is 558. The zero-order valence-corrected chi connectivity index (χ0v) is 12.9. The van der Waals surface area contributed by atoms with E-state index in [0.717, 1.165) is 55.9 Å². The number of aryl methyl sites for hydroxylation is 1. The van der Waals surface area contributed by atoms with Gasteiger partial charge in [-0.1, -0.05) is 18.2 Å². The lowest BCUT2D eigenvalue weighted by atomic mass is 9.83. The smallest absolute Gasteiger partial charge is 0.138 e. The summed E-state index contributed by atoms with van der Waals surface area (Å²) < 4.78 is 5.96. The molecule has 4 heteroatoms. The second kappa shape index (κ2) is 5.67. The van der Waals surface area contributed by atoms with Crippen LogP contribution in [0.3, 0.4) is 0 Å². The summed E-state index contributed by atoms with van der Waals surface area (Å²) in [4.78, 5) is 4.69. The van der Waals surface area contributed by atoms with Crippen molar-refractivity contribution in [3.63, 3.8) is 0 Å². The van der Waals surface area contributed by atoms with Crippen LogP contribution in [0.2, 0.25) is 0 Å². The Kier molecular flexibility index (Phi) is 3.88. The molecule has 2 aliphatic heterocycles. The molecule has 0 aromatic heterocycles. The normalized spacial score (nSPS) is 27.3. The van der Waals surface area contributed by atoms with Gasteiger partial charge in [-0.15, -0.1) is 0 Å². The Hall–Kier alpha value is -1.57. The molecule has 1 unspecified atom stereocenters. The van der Waals surface area contributed by atoms with Gasteiger partial charge in [0.05, 0.1) is 12.7 Å². The topological polar surface area (TPSA) is 39.5 Å². The molecular weight excluding hydrogens is 262 g/mol. The summed E-state index contributed by atoms with van der Waals surface area (Å²) >= 11 is 0. The Balaban J connectivity index is 2.06. The largest absolute Gasteiger partial charge is 0.493 e. The van der Waals surface area contributed by atoms with E-state index in [0.29, 0.717) is 6.61 Å². The molecule has 2 aliphatic rings. The Morgan fingerprint density at radius 3 is 2.71 bits per heavy atom. The second-order valence-corrected chi connectivity index (χ2v) is 6.17. The zero-order valence-electron chi connectivity index (χ0n) is 12.9. The van der Waals surface area contributed by atoms with Crippen LogP contribution >= 0.6 is 0 Å². The number of likely N-dealkylation sites (N-methyl/N-ethyl adjacent to an activating group) is 1. The van der Waals surface area contributed by atoms with Crippen LogP contribution in [0.25, 0.3) is 0 Å². The van der Waals surface area contributed by atoms with E-state index in [-0.39, 0.29) is 0 Å². The molecule has 1 atom stereocenters. The maximum absolute atomic E-state index is 10.1. The minimum atomic E-state index is -0.529. The molecule has 0 amide bonds. The van der Waals surface area contributed by atoms with Gasteiger partial charge in [-0.3, -0.25) is 4.90 Å². The van der Waals surface area contributed by atoms with Crippen LogP contribution in [-0.2, 0) is 5.54 Å². The minimum Gasteiger partial charge on any atom is -0.493 e. The van der Waals surface area contributed by atoms with E-state index in [1.807, 2.05) is 6.07 Å². The molecule has 0 spiro atoms. The molecule has 0 saturated carbocycles. The van der Waals surface area contributed by atoms with Crippen molar-refractivity contribution in [3.8, 4) is 11.8 Å². The molecular formula is C17H23N3O. The quantitative estimate of drug-likeness (QED) is 0.792. The molecule has 1 fully saturated rings. The predicted molar refractivity (Wildman–Crippen MR) is 82.3 cm³/mol. The molecule has 112 valence electrons. The predicted octanol–water partition coefficient (Wildman–Crippen LogP) is 2.13. The van der Waals surface area contributed by atoms with Crippen molar-refractivity contribution >= 4 is 0 Å². The van der Waals surface area contributed by atoms with Crippen molar-refractivity contribution in [1.82, 2.24) is 9.80 Å². The van der Waals surface area contributed by atoms with Gasteiger partial charge in [0.15, 0.2) is 0 Å². The minimum absolute atomic E-state index is 0.529. The second-order valence-electron chi connectivity index (χ2n) is 6.17. The third-order valence-electron chi connectivity index (χ3n) is 4.81. The van der Waals surface area contributed by atoms with Gasteiger partial charge in [0.2, 0.25) is 0 Å². The number of rotatable bonds is 1. The standard InChI is InChI=1S/C17H23N3O/c1-14-5-3-6-15-16(14)21-12-4-7-17(15,13-18)20-10-8-19(2)9-11-20/h3,5-6H,4,7-12H2,1-2H3. The number of ether oxygens (including phenoxy) is 1. The molecule has 1 aromatic carbocycles. The highest BCUT2D eigenvalue weighted by molar-refractivity contribution is 5.48. The van der Waals surface area contributed by atoms with E-state index >= 15 is 0 Å². The van der Waals surface area contributed by atoms with E-state index in [1.54, 1.807) is 0 Å². The van der Waals surface area contributed by atoms with Crippen molar-refractivity contribution < 1.29 is 4.74 Å². The summed E-state index contributed by atoms with van der Waals surface area (Å²) in [5.41, 5.74) is 1.66. The summed E-state index contributed by atoms with van der Waals surface area (Å²) in [6.07, 6.45) is 1.78. The number of fused-ring (bicyclic) bond motifs is 1. The van der Waals surface area contributed by atoms with Crippen LogP contribution in [0.5, 0.6) is 5.75 Å². The van der Waals surface area contributed by atoms with Gasteiger partial charge < -0.3 is 9.64 Å². The van der Waals surface area contributed by atoms with Crippen molar-refractivity contribution in [3.05, 3.63) is 29.3 Å². The summed E-state index contributed by atoms with van der Waals surface area (Å²) in [6, 6.07) is 8.84. The van der Waals surface area contributed by atoms with Crippen LogP contribution in [0.15, 0.2) is 18.2 Å². The van der Waals surface area contributed by atoms with E-state index in [2.05, 4.69) is 42.0 Å². The maximum atomic E-state index is 10.1. The number of piperazine rings is 1. The SMILES string of the molecule is Cc1cccc2c1OCCCC2(C#N)N1CCN(C)CC1. The average molecular weight is 285 g/mol. The molecule has 0 radical (unpaired) electrons. The van der Waals surface area contributed by atoms with E-state index in [4.69, 9.17) is 4.74 Å². The van der Waals surface area contributed by atoms with Crippen LogP contribution in [0.1, 0.15) is 24.0 Å². The lowest BCUT2D eigenvalue weighted by Gasteiger charge is -2.43. The zero-order chi connectivity index (χ0) is 14.9. The molecule has 21 heavy (non-hydrogen) atoms. The highest BCUT2D eigenvalue weighted by Gasteiger charge is 2.43. The third-order valence-corrected chi connectivity index (χ3v) is 4.81. The number of nitrogens with zero attached hydrogens (tertiary/aromatic N) is 3. The maximum Gasteiger partial charge on any atom is 0.138 e. The molecule has 2 heterocycles. The molecule has 1 saturated heterocycles. The molecule has 0 aliphatic carbocycles. The van der Waals surface area contributed by atoms with Gasteiger partial charge in [0.1, 0.15) is 11.3 Å². The first-order valence-electron chi connectivity index (χ1n) is 7.75. The molecule has 4 nitrogen and oxygen atoms in total. The molecule has 0 bridgehead atoms. The van der Waals surface area contributed by atoms with Gasteiger partial charge in [0.25, 0.3) is 0 Å². The van der Waals surface area contributed by atoms with Gasteiger partial charge >= 0.3 is 0 Å². The third kappa shape index (κ3) is 2.41. The van der Waals surface area contributed by atoms with Crippen molar-refractivity contribution in [1.29, 1.82) is 5.26 Å². The highest BCUT2D eigenvalue weighted by Crippen LogP contribution is 2.42. The van der Waals surface area contributed by atoms with E-state index in [1.165, 1.54) is 0 Å². The number of hydrogen-bond donors (Lipinski definition) is 0. The van der Waals surface area contributed by atoms with Gasteiger partial charge in [-0.25, -0.2) is 0 Å². The van der Waals surface area contributed by atoms with E-state index in [9.17, 15) is 5.26 Å². The Labute approximate surface area is 126 Å². The van der Waals surface area contributed by atoms with Gasteiger partial charge in [-0.2, -0.15) is 5.26 Å². The lowest BCUT2D eigenvalue weighted by molar-refractivity contribution is 0.0666. The van der Waals surface area contributed by atoms with E-state index < -0.39 is 5.54 Å². The number of benzene rings is 1. The van der Waals surface area contributed by atoms with Crippen LogP contribution in [0, 0.1) is 18.3 Å². The Morgan fingerprint density at radius 1 is 1.24 bits per heavy atom. The monoisotopic (exact) mass is 285 g/mol. The first kappa shape index (κ1) is 14.4. The number of para-hydroxylation sites is 1. The molecule has 3 rings (SSSR count). The van der Waals surface area contributed by atoms with Crippen molar-refractivity contribution in [2.75, 3.05) is 39.8 Å². The van der Waals surface area contributed by atoms with Crippen molar-refractivity contribution in [2.45, 2.75) is 25.3 Å². The van der Waals surface area contributed by atoms with Crippen LogP contribution in [-0.4, -0.2) is 49.6 Å². The summed E-state index contributed by atoms with van der Waals surface area (Å²) in [5.74, 6) is 0.926. The number of nitriles is 1. The molecule has 1 aromatic rings. The lowest BCUT2D eigenvalue weighted by Crippen LogP contribution is -2.54. The fraction of sp³-hybridized carbons (Fsp3) is 0.588. The fourth-order valence-corrected chi connectivity index (χ4v) is 3.51. The summed E-state index contributed by atoms with van der Waals surface area (Å²) in [5, 5.41) is 10.1. The van der Waals surface area contributed by atoms with Crippen LogP contribution in [0.4, 0.5) is 0 Å². The Morgan fingerprint density at radius 2 is 2.00 bits per heavy atom. The summed E-state index contributed by atoms with van der Waals surface area (Å²) in [6.45, 7) is 6.69. The van der Waals surface area contributed by atoms with Crippen molar-refractivity contribution in [2.24, 2.45) is 0 Å². The average Bonchev–Trinajstić information content (AvgIpc) is 2.69. The summed E-state index contributed by atoms with van der Waals surface area (Å²) in [7, 11) is 2.14. The first-order chi connectivity index (χ1) is 10.2.